The van der Waals surface area contributed by atoms with Crippen molar-refractivity contribution in [1.82, 2.24) is 9.21 Å². The Balaban J connectivity index is 2.46. The third-order valence-electron chi connectivity index (χ3n) is 2.57. The molecule has 7 heteroatoms. The van der Waals surface area contributed by atoms with Gasteiger partial charge in [0.25, 0.3) is 0 Å². The number of hydrogen-bond donors (Lipinski definition) is 1. The minimum atomic E-state index is -3.09. The second kappa shape index (κ2) is 5.60. The molecule has 1 saturated heterocycles. The van der Waals surface area contributed by atoms with E-state index in [1.165, 1.54) is 4.31 Å². The zero-order chi connectivity index (χ0) is 12.2. The van der Waals surface area contributed by atoms with Gasteiger partial charge in [-0.3, -0.25) is 9.69 Å². The Morgan fingerprint density at radius 1 is 1.25 bits per heavy atom. The minimum Gasteiger partial charge on any atom is -0.369 e. The van der Waals surface area contributed by atoms with Crippen LogP contribution in [-0.4, -0.2) is 62.0 Å². The van der Waals surface area contributed by atoms with Gasteiger partial charge in [0.2, 0.25) is 15.9 Å². The standard InChI is InChI=1S/C9H19N3O3S/c1-2-7-16(14,15)12-5-3-11(4-6-12)8-9(10)13/h2-8H2,1H3,(H2,10,13). The topological polar surface area (TPSA) is 83.7 Å². The molecule has 0 radical (unpaired) electrons. The summed E-state index contributed by atoms with van der Waals surface area (Å²) in [6, 6.07) is 0. The van der Waals surface area contributed by atoms with E-state index in [0.717, 1.165) is 0 Å². The van der Waals surface area contributed by atoms with Gasteiger partial charge < -0.3 is 5.73 Å². The number of sulfonamides is 1. The zero-order valence-electron chi connectivity index (χ0n) is 9.55. The highest BCUT2D eigenvalue weighted by Gasteiger charge is 2.26. The highest BCUT2D eigenvalue weighted by Crippen LogP contribution is 2.08. The van der Waals surface area contributed by atoms with Gasteiger partial charge in [-0.25, -0.2) is 8.42 Å². The molecular weight excluding hydrogens is 230 g/mol. The van der Waals surface area contributed by atoms with Crippen LogP contribution in [0.15, 0.2) is 0 Å². The predicted octanol–water partition coefficient (Wildman–Crippen LogP) is -1.17. The lowest BCUT2D eigenvalue weighted by Gasteiger charge is -2.33. The van der Waals surface area contributed by atoms with Crippen LogP contribution in [0.4, 0.5) is 0 Å². The molecule has 0 saturated carbocycles. The van der Waals surface area contributed by atoms with E-state index in [0.29, 0.717) is 32.6 Å². The summed E-state index contributed by atoms with van der Waals surface area (Å²) in [5, 5.41) is 0. The van der Waals surface area contributed by atoms with E-state index >= 15 is 0 Å². The molecule has 0 aromatic rings. The van der Waals surface area contributed by atoms with Gasteiger partial charge >= 0.3 is 0 Å². The third kappa shape index (κ3) is 3.73. The van der Waals surface area contributed by atoms with Crippen molar-refractivity contribution < 1.29 is 13.2 Å². The van der Waals surface area contributed by atoms with Crippen molar-refractivity contribution >= 4 is 15.9 Å². The van der Waals surface area contributed by atoms with E-state index in [1.54, 1.807) is 0 Å². The molecule has 16 heavy (non-hydrogen) atoms. The molecule has 0 aromatic carbocycles. The summed E-state index contributed by atoms with van der Waals surface area (Å²) in [6.07, 6.45) is 0.629. The zero-order valence-corrected chi connectivity index (χ0v) is 10.4. The van der Waals surface area contributed by atoms with Gasteiger partial charge in [-0.05, 0) is 6.42 Å². The molecule has 0 aromatic heterocycles. The maximum absolute atomic E-state index is 11.7. The fraction of sp³-hybridized carbons (Fsp3) is 0.889. The van der Waals surface area contributed by atoms with E-state index in [2.05, 4.69) is 0 Å². The van der Waals surface area contributed by atoms with Crippen molar-refractivity contribution in [2.24, 2.45) is 5.73 Å². The van der Waals surface area contributed by atoms with Crippen LogP contribution in [0.25, 0.3) is 0 Å². The van der Waals surface area contributed by atoms with E-state index in [9.17, 15) is 13.2 Å². The average molecular weight is 249 g/mol. The van der Waals surface area contributed by atoms with Crippen molar-refractivity contribution in [3.63, 3.8) is 0 Å². The van der Waals surface area contributed by atoms with E-state index in [4.69, 9.17) is 5.73 Å². The summed E-state index contributed by atoms with van der Waals surface area (Å²) in [7, 11) is -3.09. The Labute approximate surface area is 96.4 Å². The molecule has 0 spiro atoms. The van der Waals surface area contributed by atoms with Crippen molar-refractivity contribution in [1.29, 1.82) is 0 Å². The summed E-state index contributed by atoms with van der Waals surface area (Å²) >= 11 is 0. The molecule has 2 N–H and O–H groups in total. The molecule has 0 bridgehead atoms. The van der Waals surface area contributed by atoms with Crippen LogP contribution in [0.5, 0.6) is 0 Å². The van der Waals surface area contributed by atoms with Crippen molar-refractivity contribution in [3.8, 4) is 0 Å². The molecular formula is C9H19N3O3S. The molecule has 1 aliphatic rings. The molecule has 1 aliphatic heterocycles. The van der Waals surface area contributed by atoms with Crippen LogP contribution in [0.2, 0.25) is 0 Å². The largest absolute Gasteiger partial charge is 0.369 e. The maximum atomic E-state index is 11.7. The highest BCUT2D eigenvalue weighted by atomic mass is 32.2. The number of piperazine rings is 1. The number of carbonyl (C=O) groups excluding carboxylic acids is 1. The summed E-state index contributed by atoms with van der Waals surface area (Å²) in [6.45, 7) is 4.12. The van der Waals surface area contributed by atoms with Crippen molar-refractivity contribution in [2.45, 2.75) is 13.3 Å². The Bertz CT molecular complexity index is 334. The summed E-state index contributed by atoms with van der Waals surface area (Å²) in [5.41, 5.74) is 5.08. The first-order valence-electron chi connectivity index (χ1n) is 5.44. The molecule has 6 nitrogen and oxygen atoms in total. The number of carbonyl (C=O) groups is 1. The second-order valence-electron chi connectivity index (χ2n) is 3.96. The predicted molar refractivity (Wildman–Crippen MR) is 61.3 cm³/mol. The lowest BCUT2D eigenvalue weighted by atomic mass is 10.3. The van der Waals surface area contributed by atoms with E-state index < -0.39 is 10.0 Å². The quantitative estimate of drug-likeness (QED) is 0.665. The van der Waals surface area contributed by atoms with Gasteiger partial charge in [0, 0.05) is 26.2 Å². The lowest BCUT2D eigenvalue weighted by molar-refractivity contribution is -0.119. The van der Waals surface area contributed by atoms with E-state index in [1.807, 2.05) is 11.8 Å². The smallest absolute Gasteiger partial charge is 0.231 e. The van der Waals surface area contributed by atoms with Gasteiger partial charge in [0.05, 0.1) is 12.3 Å². The van der Waals surface area contributed by atoms with Crippen molar-refractivity contribution in [2.75, 3.05) is 38.5 Å². The van der Waals surface area contributed by atoms with Gasteiger partial charge in [-0.1, -0.05) is 6.92 Å². The first kappa shape index (κ1) is 13.4. The number of nitrogens with zero attached hydrogens (tertiary/aromatic N) is 2. The first-order valence-corrected chi connectivity index (χ1v) is 7.05. The summed E-state index contributed by atoms with van der Waals surface area (Å²) in [5.74, 6) is -0.173. The van der Waals surface area contributed by atoms with Gasteiger partial charge in [0.1, 0.15) is 0 Å². The first-order chi connectivity index (χ1) is 7.45. The Morgan fingerprint density at radius 2 is 1.81 bits per heavy atom. The van der Waals surface area contributed by atoms with Crippen molar-refractivity contribution in [3.05, 3.63) is 0 Å². The Kier molecular flexibility index (Phi) is 4.69. The number of primary amides is 1. The minimum absolute atomic E-state index is 0.197. The van der Waals surface area contributed by atoms with Crippen LogP contribution < -0.4 is 5.73 Å². The highest BCUT2D eigenvalue weighted by molar-refractivity contribution is 7.89. The fourth-order valence-corrected chi connectivity index (χ4v) is 3.27. The molecule has 0 atom stereocenters. The third-order valence-corrected chi connectivity index (χ3v) is 4.64. The summed E-state index contributed by atoms with van der Waals surface area (Å²) in [4.78, 5) is 12.6. The SMILES string of the molecule is CCCS(=O)(=O)N1CCN(CC(N)=O)CC1. The monoisotopic (exact) mass is 249 g/mol. The average Bonchev–Trinajstić information content (AvgIpc) is 2.17. The molecule has 0 unspecified atom stereocenters. The number of amides is 1. The molecule has 1 fully saturated rings. The van der Waals surface area contributed by atoms with Crippen LogP contribution in [-0.2, 0) is 14.8 Å². The maximum Gasteiger partial charge on any atom is 0.231 e. The van der Waals surface area contributed by atoms with Gasteiger partial charge in [-0.2, -0.15) is 4.31 Å². The second-order valence-corrected chi connectivity index (χ2v) is 6.05. The van der Waals surface area contributed by atoms with Crippen LogP contribution in [0.3, 0.4) is 0 Å². The summed E-state index contributed by atoms with van der Waals surface area (Å²) < 4.78 is 25.0. The number of rotatable bonds is 5. The van der Waals surface area contributed by atoms with Gasteiger partial charge in [0.15, 0.2) is 0 Å². The molecule has 1 heterocycles. The fourth-order valence-electron chi connectivity index (χ4n) is 1.77. The number of nitrogens with two attached hydrogens (primary N) is 1. The number of hydrogen-bond acceptors (Lipinski definition) is 4. The van der Waals surface area contributed by atoms with Crippen LogP contribution in [0.1, 0.15) is 13.3 Å². The molecule has 94 valence electrons. The molecule has 0 aliphatic carbocycles. The Morgan fingerprint density at radius 3 is 2.25 bits per heavy atom. The molecule has 1 amide bonds. The molecule has 1 rings (SSSR count). The van der Waals surface area contributed by atoms with Crippen LogP contribution >= 0.6 is 0 Å². The normalized spacial score (nSPS) is 19.8. The van der Waals surface area contributed by atoms with Crippen LogP contribution in [0, 0.1) is 0 Å². The van der Waals surface area contributed by atoms with Gasteiger partial charge in [-0.15, -0.1) is 0 Å². The van der Waals surface area contributed by atoms with E-state index in [-0.39, 0.29) is 18.2 Å². The Hall–Kier alpha value is -0.660. The lowest BCUT2D eigenvalue weighted by Crippen LogP contribution is -2.51.